The van der Waals surface area contributed by atoms with Gasteiger partial charge >= 0.3 is 0 Å². The van der Waals surface area contributed by atoms with Crippen molar-refractivity contribution in [1.29, 1.82) is 0 Å². The van der Waals surface area contributed by atoms with Gasteiger partial charge in [0.15, 0.2) is 0 Å². The van der Waals surface area contributed by atoms with Crippen LogP contribution < -0.4 is 24.8 Å². The van der Waals surface area contributed by atoms with Gasteiger partial charge in [0.05, 0.1) is 22.4 Å². The molecule has 0 bridgehead atoms. The second-order valence-electron chi connectivity index (χ2n) is 5.78. The Morgan fingerprint density at radius 2 is 2.00 bits per heavy atom. The van der Waals surface area contributed by atoms with Crippen LogP contribution in [0.5, 0.6) is 5.75 Å². The average molecular weight is 419 g/mol. The monoisotopic (exact) mass is 418 g/mol. The SMILES string of the molecule is COc1ccccc1NC(=O)C=c1sc(=Cc2c(F)cccc2Cl)c(=O)n1C. The maximum atomic E-state index is 14.0. The molecule has 0 atom stereocenters. The minimum Gasteiger partial charge on any atom is -0.495 e. The normalized spacial score (nSPS) is 12.3. The first-order valence-corrected chi connectivity index (χ1v) is 9.37. The van der Waals surface area contributed by atoms with Gasteiger partial charge in [-0.3, -0.25) is 9.59 Å². The van der Waals surface area contributed by atoms with Crippen molar-refractivity contribution < 1.29 is 13.9 Å². The van der Waals surface area contributed by atoms with Crippen molar-refractivity contribution in [2.75, 3.05) is 12.4 Å². The highest BCUT2D eigenvalue weighted by atomic mass is 35.5. The summed E-state index contributed by atoms with van der Waals surface area (Å²) in [6.07, 6.45) is 2.69. The number of ether oxygens (including phenoxy) is 1. The fraction of sp³-hybridized carbons (Fsp3) is 0.100. The third-order valence-electron chi connectivity index (χ3n) is 3.96. The number of hydrogen-bond donors (Lipinski definition) is 1. The smallest absolute Gasteiger partial charge is 0.268 e. The maximum Gasteiger partial charge on any atom is 0.268 e. The van der Waals surface area contributed by atoms with Gasteiger partial charge in [-0.25, -0.2) is 4.39 Å². The lowest BCUT2D eigenvalue weighted by Gasteiger charge is -2.07. The molecule has 1 aromatic heterocycles. The van der Waals surface area contributed by atoms with Crippen molar-refractivity contribution in [3.8, 4) is 5.75 Å². The number of hydrogen-bond acceptors (Lipinski definition) is 4. The van der Waals surface area contributed by atoms with Crippen molar-refractivity contribution in [3.05, 3.63) is 78.4 Å². The van der Waals surface area contributed by atoms with Crippen LogP contribution in [0, 0.1) is 5.82 Å². The van der Waals surface area contributed by atoms with E-state index in [0.717, 1.165) is 11.3 Å². The number of aromatic nitrogens is 1. The van der Waals surface area contributed by atoms with Gasteiger partial charge in [0, 0.05) is 18.7 Å². The Kier molecular flexibility index (Phi) is 5.96. The molecule has 0 spiro atoms. The molecule has 0 radical (unpaired) electrons. The maximum absolute atomic E-state index is 14.0. The van der Waals surface area contributed by atoms with Gasteiger partial charge in [0.1, 0.15) is 16.2 Å². The molecule has 3 aromatic rings. The van der Waals surface area contributed by atoms with Crippen molar-refractivity contribution in [2.24, 2.45) is 7.05 Å². The van der Waals surface area contributed by atoms with Crippen LogP contribution in [0.1, 0.15) is 5.56 Å². The number of thiazole rings is 1. The van der Waals surface area contributed by atoms with E-state index in [1.807, 2.05) is 0 Å². The molecule has 8 heteroatoms. The molecule has 2 aromatic carbocycles. The molecule has 0 aliphatic rings. The molecule has 0 saturated heterocycles. The minimum absolute atomic E-state index is 0.133. The fourth-order valence-corrected chi connectivity index (χ4v) is 3.75. The van der Waals surface area contributed by atoms with E-state index in [1.54, 1.807) is 37.4 Å². The van der Waals surface area contributed by atoms with Crippen molar-refractivity contribution in [1.82, 2.24) is 4.57 Å². The second-order valence-corrected chi connectivity index (χ2v) is 7.25. The topological polar surface area (TPSA) is 60.3 Å². The summed E-state index contributed by atoms with van der Waals surface area (Å²) in [7, 11) is 3.05. The Bertz CT molecular complexity index is 1200. The summed E-state index contributed by atoms with van der Waals surface area (Å²) < 4.78 is 21.2. The van der Waals surface area contributed by atoms with Gasteiger partial charge in [-0.1, -0.05) is 29.8 Å². The number of anilines is 1. The van der Waals surface area contributed by atoms with E-state index in [0.29, 0.717) is 16.1 Å². The number of nitrogens with one attached hydrogen (secondary N) is 1. The first-order valence-electron chi connectivity index (χ1n) is 8.18. The third-order valence-corrected chi connectivity index (χ3v) is 5.40. The number of carbonyl (C=O) groups is 1. The van der Waals surface area contributed by atoms with Crippen LogP contribution in [0.25, 0.3) is 12.2 Å². The van der Waals surface area contributed by atoms with Crippen LogP contribution >= 0.6 is 22.9 Å². The third kappa shape index (κ3) is 4.16. The Labute approximate surface area is 169 Å². The number of rotatable bonds is 4. The molecule has 144 valence electrons. The molecule has 1 N–H and O–H groups in total. The largest absolute Gasteiger partial charge is 0.495 e. The van der Waals surface area contributed by atoms with Gasteiger partial charge in [0.25, 0.3) is 11.5 Å². The highest BCUT2D eigenvalue weighted by Gasteiger charge is 2.08. The molecule has 0 saturated carbocycles. The van der Waals surface area contributed by atoms with Crippen LogP contribution in [0.15, 0.2) is 47.3 Å². The van der Waals surface area contributed by atoms with E-state index >= 15 is 0 Å². The minimum atomic E-state index is -0.526. The van der Waals surface area contributed by atoms with Crippen LogP contribution in [-0.2, 0) is 11.8 Å². The van der Waals surface area contributed by atoms with Gasteiger partial charge in [-0.15, -0.1) is 11.3 Å². The molecular weight excluding hydrogens is 403 g/mol. The molecule has 0 aliphatic carbocycles. The highest BCUT2D eigenvalue weighted by Crippen LogP contribution is 2.22. The van der Waals surface area contributed by atoms with Crippen molar-refractivity contribution in [3.63, 3.8) is 0 Å². The Hall–Kier alpha value is -2.90. The second kappa shape index (κ2) is 8.41. The first-order chi connectivity index (χ1) is 13.4. The van der Waals surface area contributed by atoms with Gasteiger partial charge in [-0.2, -0.15) is 0 Å². The Morgan fingerprint density at radius 1 is 1.25 bits per heavy atom. The lowest BCUT2D eigenvalue weighted by Crippen LogP contribution is -2.29. The van der Waals surface area contributed by atoms with E-state index in [-0.39, 0.29) is 20.7 Å². The van der Waals surface area contributed by atoms with Crippen LogP contribution in [-0.4, -0.2) is 17.6 Å². The first kappa shape index (κ1) is 19.9. The van der Waals surface area contributed by atoms with Crippen molar-refractivity contribution >= 4 is 46.7 Å². The van der Waals surface area contributed by atoms with E-state index < -0.39 is 11.7 Å². The van der Waals surface area contributed by atoms with E-state index in [2.05, 4.69) is 5.32 Å². The van der Waals surface area contributed by atoms with Gasteiger partial charge in [0.2, 0.25) is 0 Å². The van der Waals surface area contributed by atoms with Crippen LogP contribution in [0.2, 0.25) is 5.02 Å². The van der Waals surface area contributed by atoms with E-state index in [4.69, 9.17) is 16.3 Å². The summed E-state index contributed by atoms with van der Waals surface area (Å²) >= 11 is 7.09. The molecule has 0 fully saturated rings. The Morgan fingerprint density at radius 3 is 2.71 bits per heavy atom. The number of halogens is 2. The molecule has 28 heavy (non-hydrogen) atoms. The molecule has 3 rings (SSSR count). The molecule has 5 nitrogen and oxygen atoms in total. The lowest BCUT2D eigenvalue weighted by molar-refractivity contribution is -0.110. The zero-order chi connectivity index (χ0) is 20.3. The molecule has 0 unspecified atom stereocenters. The number of nitrogens with zero attached hydrogens (tertiary/aromatic N) is 1. The van der Waals surface area contributed by atoms with Gasteiger partial charge in [-0.05, 0) is 30.3 Å². The van der Waals surface area contributed by atoms with Gasteiger partial charge < -0.3 is 14.6 Å². The zero-order valence-corrected chi connectivity index (χ0v) is 16.6. The average Bonchev–Trinajstić information content (AvgIpc) is 2.93. The molecular formula is C20H16ClFN2O3S. The Balaban J connectivity index is 2.00. The number of carbonyl (C=O) groups excluding carboxylic acids is 1. The molecule has 1 heterocycles. The summed E-state index contributed by atoms with van der Waals surface area (Å²) in [6.45, 7) is 0. The number of para-hydroxylation sites is 2. The summed E-state index contributed by atoms with van der Waals surface area (Å²) in [4.78, 5) is 24.8. The molecule has 0 aliphatic heterocycles. The predicted molar refractivity (Wildman–Crippen MR) is 110 cm³/mol. The summed E-state index contributed by atoms with van der Waals surface area (Å²) in [6, 6.07) is 11.3. The zero-order valence-electron chi connectivity index (χ0n) is 15.0. The number of benzene rings is 2. The predicted octanol–water partition coefficient (Wildman–Crippen LogP) is 2.50. The lowest BCUT2D eigenvalue weighted by atomic mass is 10.2. The van der Waals surface area contributed by atoms with E-state index in [9.17, 15) is 14.0 Å². The highest BCUT2D eigenvalue weighted by molar-refractivity contribution is 7.07. The number of amides is 1. The quantitative estimate of drug-likeness (QED) is 0.708. The van der Waals surface area contributed by atoms with E-state index in [1.165, 1.54) is 36.0 Å². The number of methoxy groups -OCH3 is 1. The summed E-state index contributed by atoms with van der Waals surface area (Å²) in [5.74, 6) is -0.424. The summed E-state index contributed by atoms with van der Waals surface area (Å²) in [5, 5.41) is 2.92. The molecule has 1 amide bonds. The fourth-order valence-electron chi connectivity index (χ4n) is 2.52. The van der Waals surface area contributed by atoms with Crippen LogP contribution in [0.3, 0.4) is 0 Å². The standard InChI is InChI=1S/C20H16ClFN2O3S/c1-24-19(11-18(25)23-15-8-3-4-9-16(15)27-2)28-17(20(24)26)10-12-13(21)6-5-7-14(12)22/h3-11H,1-2H3,(H,23,25). The van der Waals surface area contributed by atoms with Crippen LogP contribution in [0.4, 0.5) is 10.1 Å². The van der Waals surface area contributed by atoms with Crippen molar-refractivity contribution in [2.45, 2.75) is 0 Å². The summed E-state index contributed by atoms with van der Waals surface area (Å²) in [5.41, 5.74) is 0.298.